The molecule has 2 aliphatic rings. The number of methoxy groups -OCH3 is 2. The average molecular weight is 390 g/mol. The van der Waals surface area contributed by atoms with Gasteiger partial charge in [-0.1, -0.05) is 0 Å². The van der Waals surface area contributed by atoms with Crippen molar-refractivity contribution in [3.63, 3.8) is 0 Å². The zero-order valence-electron chi connectivity index (χ0n) is 17.2. The second-order valence-electron chi connectivity index (χ2n) is 7.48. The van der Waals surface area contributed by atoms with Crippen LogP contribution in [0.1, 0.15) is 11.1 Å². The van der Waals surface area contributed by atoms with Gasteiger partial charge in [-0.25, -0.2) is 4.79 Å². The molecular formula is C20H30N4O4. The minimum Gasteiger partial charge on any atom is -0.493 e. The number of nitrogens with zero attached hydrogens (tertiary/aromatic N) is 4. The van der Waals surface area contributed by atoms with Crippen molar-refractivity contribution in [2.75, 3.05) is 67.6 Å². The van der Waals surface area contributed by atoms with Crippen molar-refractivity contribution in [2.45, 2.75) is 13.0 Å². The van der Waals surface area contributed by atoms with Gasteiger partial charge >= 0.3 is 6.03 Å². The van der Waals surface area contributed by atoms with Crippen LogP contribution in [0.25, 0.3) is 0 Å². The molecule has 0 aromatic heterocycles. The topological polar surface area (TPSA) is 65.6 Å². The predicted molar refractivity (Wildman–Crippen MR) is 106 cm³/mol. The summed E-state index contributed by atoms with van der Waals surface area (Å²) in [6.45, 7) is 4.45. The molecule has 0 radical (unpaired) electrons. The highest BCUT2D eigenvalue weighted by Gasteiger charge is 2.27. The van der Waals surface area contributed by atoms with Crippen molar-refractivity contribution >= 4 is 11.9 Å². The Morgan fingerprint density at radius 3 is 2.11 bits per heavy atom. The number of benzene rings is 1. The van der Waals surface area contributed by atoms with Crippen LogP contribution in [0.15, 0.2) is 12.1 Å². The summed E-state index contributed by atoms with van der Waals surface area (Å²) >= 11 is 0. The maximum Gasteiger partial charge on any atom is 0.319 e. The van der Waals surface area contributed by atoms with E-state index in [9.17, 15) is 9.59 Å². The lowest BCUT2D eigenvalue weighted by atomic mass is 9.98. The van der Waals surface area contributed by atoms with E-state index in [1.807, 2.05) is 21.9 Å². The molecule has 0 unspecified atom stereocenters. The first-order chi connectivity index (χ1) is 13.4. The number of carbonyl (C=O) groups excluding carboxylic acids is 2. The predicted octanol–water partition coefficient (Wildman–Crippen LogP) is 0.888. The lowest BCUT2D eigenvalue weighted by Crippen LogP contribution is -2.53. The zero-order chi connectivity index (χ0) is 20.3. The number of fused-ring (bicyclic) bond motifs is 1. The van der Waals surface area contributed by atoms with Crippen LogP contribution in [0.4, 0.5) is 4.79 Å². The number of carbonyl (C=O) groups is 2. The molecule has 0 saturated carbocycles. The standard InChI is InChI=1S/C20H30N4O4/c1-21(2)20(26)23-9-7-22(8-10-23)14-19(25)24-6-5-15-11-17(27-3)18(28-4)12-16(15)13-24/h11-12H,5-10,13-14H2,1-4H3. The van der Waals surface area contributed by atoms with Crippen molar-refractivity contribution in [3.8, 4) is 11.5 Å². The van der Waals surface area contributed by atoms with E-state index >= 15 is 0 Å². The summed E-state index contributed by atoms with van der Waals surface area (Å²) in [5.74, 6) is 1.55. The van der Waals surface area contributed by atoms with E-state index < -0.39 is 0 Å². The second kappa shape index (κ2) is 8.68. The molecule has 2 aliphatic heterocycles. The Balaban J connectivity index is 1.56. The van der Waals surface area contributed by atoms with Gasteiger partial charge in [-0.05, 0) is 29.7 Å². The lowest BCUT2D eigenvalue weighted by molar-refractivity contribution is -0.133. The van der Waals surface area contributed by atoms with Crippen LogP contribution >= 0.6 is 0 Å². The van der Waals surface area contributed by atoms with Crippen LogP contribution < -0.4 is 9.47 Å². The van der Waals surface area contributed by atoms with E-state index in [4.69, 9.17) is 9.47 Å². The van der Waals surface area contributed by atoms with Gasteiger partial charge in [0.2, 0.25) is 5.91 Å². The summed E-state index contributed by atoms with van der Waals surface area (Å²) in [7, 11) is 6.78. The van der Waals surface area contributed by atoms with Crippen molar-refractivity contribution in [1.82, 2.24) is 19.6 Å². The number of hydrogen-bond acceptors (Lipinski definition) is 5. The van der Waals surface area contributed by atoms with E-state index in [0.717, 1.165) is 30.8 Å². The van der Waals surface area contributed by atoms with Crippen molar-refractivity contribution in [1.29, 1.82) is 0 Å². The number of piperazine rings is 1. The molecule has 8 heteroatoms. The Bertz CT molecular complexity index is 729. The van der Waals surface area contributed by atoms with Gasteiger partial charge < -0.3 is 24.2 Å². The number of rotatable bonds is 4. The van der Waals surface area contributed by atoms with Crippen molar-refractivity contribution in [3.05, 3.63) is 23.3 Å². The molecule has 1 fully saturated rings. The third-order valence-corrected chi connectivity index (χ3v) is 5.46. The van der Waals surface area contributed by atoms with Crippen LogP contribution in [0.2, 0.25) is 0 Å². The Kier molecular flexibility index (Phi) is 6.28. The monoisotopic (exact) mass is 390 g/mol. The molecule has 1 saturated heterocycles. The fourth-order valence-corrected chi connectivity index (χ4v) is 3.77. The molecule has 0 spiro atoms. The zero-order valence-corrected chi connectivity index (χ0v) is 17.2. The quantitative estimate of drug-likeness (QED) is 0.764. The molecule has 154 valence electrons. The Morgan fingerprint density at radius 1 is 0.929 bits per heavy atom. The van der Waals surface area contributed by atoms with Gasteiger partial charge in [-0.2, -0.15) is 0 Å². The summed E-state index contributed by atoms with van der Waals surface area (Å²) in [4.78, 5) is 32.3. The smallest absolute Gasteiger partial charge is 0.319 e. The van der Waals surface area contributed by atoms with E-state index in [2.05, 4.69) is 4.90 Å². The van der Waals surface area contributed by atoms with Gasteiger partial charge in [0.25, 0.3) is 0 Å². The molecule has 3 rings (SSSR count). The molecule has 0 bridgehead atoms. The Morgan fingerprint density at radius 2 is 1.54 bits per heavy atom. The summed E-state index contributed by atoms with van der Waals surface area (Å²) in [5.41, 5.74) is 2.32. The first-order valence-corrected chi connectivity index (χ1v) is 9.63. The second-order valence-corrected chi connectivity index (χ2v) is 7.48. The fourth-order valence-electron chi connectivity index (χ4n) is 3.77. The minimum atomic E-state index is 0.0305. The van der Waals surface area contributed by atoms with E-state index in [1.165, 1.54) is 5.56 Å². The lowest BCUT2D eigenvalue weighted by Gasteiger charge is -2.37. The molecule has 1 aromatic carbocycles. The van der Waals surface area contributed by atoms with Gasteiger partial charge in [-0.3, -0.25) is 9.69 Å². The summed E-state index contributed by atoms with van der Waals surface area (Å²) in [6.07, 6.45) is 0.812. The molecule has 2 heterocycles. The van der Waals surface area contributed by atoms with Crippen LogP contribution in [0.3, 0.4) is 0 Å². The highest BCUT2D eigenvalue weighted by atomic mass is 16.5. The van der Waals surface area contributed by atoms with Crippen LogP contribution in [0, 0.1) is 0 Å². The summed E-state index contributed by atoms with van der Waals surface area (Å²) in [5, 5.41) is 0. The normalized spacial score (nSPS) is 17.1. The van der Waals surface area contributed by atoms with E-state index in [1.54, 1.807) is 33.2 Å². The fraction of sp³-hybridized carbons (Fsp3) is 0.600. The van der Waals surface area contributed by atoms with Gasteiger partial charge in [-0.15, -0.1) is 0 Å². The number of hydrogen-bond donors (Lipinski definition) is 0. The number of amides is 3. The van der Waals surface area contributed by atoms with E-state index in [0.29, 0.717) is 38.5 Å². The largest absolute Gasteiger partial charge is 0.493 e. The number of ether oxygens (including phenoxy) is 2. The summed E-state index contributed by atoms with van der Waals surface area (Å²) in [6, 6.07) is 4.01. The van der Waals surface area contributed by atoms with Crippen LogP contribution in [-0.4, -0.2) is 99.1 Å². The van der Waals surface area contributed by atoms with Crippen LogP contribution in [-0.2, 0) is 17.8 Å². The van der Waals surface area contributed by atoms with Crippen molar-refractivity contribution in [2.24, 2.45) is 0 Å². The van der Waals surface area contributed by atoms with Gasteiger partial charge in [0.1, 0.15) is 0 Å². The van der Waals surface area contributed by atoms with Gasteiger partial charge in [0.15, 0.2) is 11.5 Å². The third kappa shape index (κ3) is 4.32. The first kappa shape index (κ1) is 20.3. The SMILES string of the molecule is COc1cc2c(cc1OC)CN(C(=O)CN1CCN(C(=O)N(C)C)CC1)CC2. The highest BCUT2D eigenvalue weighted by Crippen LogP contribution is 2.33. The third-order valence-electron chi connectivity index (χ3n) is 5.46. The van der Waals surface area contributed by atoms with E-state index in [-0.39, 0.29) is 11.9 Å². The first-order valence-electron chi connectivity index (χ1n) is 9.63. The molecule has 0 N–H and O–H groups in total. The maximum absolute atomic E-state index is 12.8. The Hall–Kier alpha value is -2.48. The highest BCUT2D eigenvalue weighted by molar-refractivity contribution is 5.79. The van der Waals surface area contributed by atoms with Crippen molar-refractivity contribution < 1.29 is 19.1 Å². The summed E-state index contributed by atoms with van der Waals surface area (Å²) < 4.78 is 10.8. The molecule has 0 atom stereocenters. The van der Waals surface area contributed by atoms with Gasteiger partial charge in [0, 0.05) is 53.4 Å². The molecule has 8 nitrogen and oxygen atoms in total. The van der Waals surface area contributed by atoms with Gasteiger partial charge in [0.05, 0.1) is 20.8 Å². The molecule has 0 aliphatic carbocycles. The number of urea groups is 1. The molecule has 3 amide bonds. The minimum absolute atomic E-state index is 0.0305. The molecular weight excluding hydrogens is 360 g/mol. The molecule has 1 aromatic rings. The van der Waals surface area contributed by atoms with Crippen LogP contribution in [0.5, 0.6) is 11.5 Å². The molecule has 28 heavy (non-hydrogen) atoms. The maximum atomic E-state index is 12.8. The average Bonchev–Trinajstić information content (AvgIpc) is 2.72. The Labute approximate surface area is 166 Å².